The number of hydrogen-bond donors (Lipinski definition) is 2. The number of nitrogens with zero attached hydrogens (tertiary/aromatic N) is 2. The Morgan fingerprint density at radius 2 is 2.09 bits per heavy atom. The molecule has 0 bridgehead atoms. The summed E-state index contributed by atoms with van der Waals surface area (Å²) >= 11 is 0. The fourth-order valence-electron chi connectivity index (χ4n) is 3.72. The number of nitrogens with one attached hydrogen (secondary N) is 2. The van der Waals surface area contributed by atoms with Gasteiger partial charge in [0.2, 0.25) is 0 Å². The van der Waals surface area contributed by atoms with Gasteiger partial charge in [-0.05, 0) is 25.3 Å². The van der Waals surface area contributed by atoms with E-state index in [2.05, 4.69) is 28.4 Å². The average molecular weight is 339 g/mol. The zero-order chi connectivity index (χ0) is 15.1. The lowest BCUT2D eigenvalue weighted by molar-refractivity contribution is 0.0835. The highest BCUT2D eigenvalue weighted by Gasteiger charge is 2.27. The summed E-state index contributed by atoms with van der Waals surface area (Å²) in [5, 5.41) is 3.40. The van der Waals surface area contributed by atoms with Gasteiger partial charge in [-0.25, -0.2) is 4.98 Å². The molecular formula is C16H23ClN4O2. The van der Waals surface area contributed by atoms with Crippen LogP contribution in [0.3, 0.4) is 0 Å². The van der Waals surface area contributed by atoms with Crippen molar-refractivity contribution >= 4 is 17.9 Å². The van der Waals surface area contributed by atoms with Crippen LogP contribution in [-0.2, 0) is 4.74 Å². The molecule has 2 aromatic rings. The van der Waals surface area contributed by atoms with Crippen molar-refractivity contribution in [3.8, 4) is 0 Å². The van der Waals surface area contributed by atoms with Crippen LogP contribution in [0.15, 0.2) is 17.2 Å². The fraction of sp³-hybridized carbons (Fsp3) is 0.625. The van der Waals surface area contributed by atoms with Gasteiger partial charge in [0.25, 0.3) is 5.56 Å². The van der Waals surface area contributed by atoms with Crippen molar-refractivity contribution in [2.24, 2.45) is 5.92 Å². The van der Waals surface area contributed by atoms with Crippen molar-refractivity contribution < 1.29 is 4.74 Å². The molecule has 2 atom stereocenters. The van der Waals surface area contributed by atoms with E-state index >= 15 is 0 Å². The first kappa shape index (κ1) is 16.5. The summed E-state index contributed by atoms with van der Waals surface area (Å²) in [5.41, 5.74) is 1.62. The van der Waals surface area contributed by atoms with Crippen molar-refractivity contribution in [2.75, 3.05) is 26.3 Å². The lowest BCUT2D eigenvalue weighted by atomic mass is 9.95. The van der Waals surface area contributed by atoms with E-state index < -0.39 is 0 Å². The standard InChI is InChI=1S/C16H22N4O2.ClH/c1-10-6-17-7-12(10)13-9-20-14(16(21)19-13)8-18-15(20)11-2-4-22-5-3-11;/h8-12,17H,2-7H2,1H3,(H,19,21);1H/t10-,12-;/m1./s1. The van der Waals surface area contributed by atoms with Crippen LogP contribution < -0.4 is 10.9 Å². The maximum Gasteiger partial charge on any atom is 0.274 e. The largest absolute Gasteiger partial charge is 0.381 e. The third kappa shape index (κ3) is 2.91. The van der Waals surface area contributed by atoms with Crippen LogP contribution in [0.1, 0.15) is 43.1 Å². The number of halogens is 1. The Balaban J connectivity index is 0.00000156. The number of ether oxygens (including phenoxy) is 1. The zero-order valence-corrected chi connectivity index (χ0v) is 14.1. The second kappa shape index (κ2) is 6.63. The highest BCUT2D eigenvalue weighted by molar-refractivity contribution is 5.85. The number of aromatic nitrogens is 3. The molecule has 7 heteroatoms. The third-order valence-electron chi connectivity index (χ3n) is 5.09. The molecule has 2 N–H and O–H groups in total. The monoisotopic (exact) mass is 338 g/mol. The minimum absolute atomic E-state index is 0. The van der Waals surface area contributed by atoms with E-state index in [1.54, 1.807) is 6.20 Å². The summed E-state index contributed by atoms with van der Waals surface area (Å²) in [4.78, 5) is 20.0. The first-order valence-electron chi connectivity index (χ1n) is 8.12. The van der Waals surface area contributed by atoms with E-state index in [1.165, 1.54) is 0 Å². The van der Waals surface area contributed by atoms with Crippen LogP contribution in [0.5, 0.6) is 0 Å². The zero-order valence-electron chi connectivity index (χ0n) is 13.2. The van der Waals surface area contributed by atoms with Crippen LogP contribution >= 0.6 is 12.4 Å². The second-order valence-electron chi connectivity index (χ2n) is 6.54. The lowest BCUT2D eigenvalue weighted by Crippen LogP contribution is -2.20. The molecule has 2 aliphatic heterocycles. The van der Waals surface area contributed by atoms with E-state index in [9.17, 15) is 4.79 Å². The summed E-state index contributed by atoms with van der Waals surface area (Å²) in [6.45, 7) is 5.70. The van der Waals surface area contributed by atoms with Crippen LogP contribution in [0.4, 0.5) is 0 Å². The number of fused-ring (bicyclic) bond motifs is 1. The predicted octanol–water partition coefficient (Wildman–Crippen LogP) is 1.66. The van der Waals surface area contributed by atoms with Gasteiger partial charge in [-0.1, -0.05) is 6.92 Å². The molecule has 0 amide bonds. The molecule has 126 valence electrons. The summed E-state index contributed by atoms with van der Waals surface area (Å²) < 4.78 is 7.45. The molecule has 0 radical (unpaired) electrons. The van der Waals surface area contributed by atoms with Gasteiger partial charge >= 0.3 is 0 Å². The van der Waals surface area contributed by atoms with Crippen LogP contribution in [-0.4, -0.2) is 40.7 Å². The van der Waals surface area contributed by atoms with Gasteiger partial charge in [0.05, 0.1) is 6.20 Å². The molecule has 6 nitrogen and oxygen atoms in total. The van der Waals surface area contributed by atoms with Crippen molar-refractivity contribution in [1.82, 2.24) is 19.7 Å². The molecule has 0 unspecified atom stereocenters. The molecule has 2 aromatic heterocycles. The Labute approximate surface area is 141 Å². The lowest BCUT2D eigenvalue weighted by Gasteiger charge is -2.21. The Bertz CT molecular complexity index is 735. The van der Waals surface area contributed by atoms with E-state index in [0.29, 0.717) is 23.3 Å². The van der Waals surface area contributed by atoms with Gasteiger partial charge in [0.15, 0.2) is 0 Å². The molecule has 4 rings (SSSR count). The minimum Gasteiger partial charge on any atom is -0.381 e. The van der Waals surface area contributed by atoms with Gasteiger partial charge < -0.3 is 15.0 Å². The Kier molecular flexibility index (Phi) is 4.75. The highest BCUT2D eigenvalue weighted by Crippen LogP contribution is 2.28. The number of H-pyrrole nitrogens is 1. The summed E-state index contributed by atoms with van der Waals surface area (Å²) in [7, 11) is 0. The number of hydrogen-bond acceptors (Lipinski definition) is 4. The van der Waals surface area contributed by atoms with Crippen LogP contribution in [0, 0.1) is 5.92 Å². The SMILES string of the molecule is C[C@@H]1CNC[C@H]1c1cn2c(C3CCOCC3)ncc2c(=O)[nH]1.Cl. The van der Waals surface area contributed by atoms with Crippen molar-refractivity contribution in [3.05, 3.63) is 34.3 Å². The van der Waals surface area contributed by atoms with Gasteiger partial charge in [0.1, 0.15) is 11.3 Å². The minimum atomic E-state index is -0.0394. The Hall–Kier alpha value is -1.37. The first-order valence-corrected chi connectivity index (χ1v) is 8.12. The van der Waals surface area contributed by atoms with Crippen molar-refractivity contribution in [1.29, 1.82) is 0 Å². The van der Waals surface area contributed by atoms with Crippen LogP contribution in [0.2, 0.25) is 0 Å². The fourth-order valence-corrected chi connectivity index (χ4v) is 3.72. The van der Waals surface area contributed by atoms with E-state index in [-0.39, 0.29) is 18.0 Å². The average Bonchev–Trinajstić information content (AvgIpc) is 3.14. The molecule has 0 saturated carbocycles. The van der Waals surface area contributed by atoms with Crippen LogP contribution in [0.25, 0.3) is 5.52 Å². The summed E-state index contributed by atoms with van der Waals surface area (Å²) in [5.74, 6) is 2.28. The van der Waals surface area contributed by atoms with E-state index in [4.69, 9.17) is 4.74 Å². The van der Waals surface area contributed by atoms with Gasteiger partial charge in [-0.2, -0.15) is 0 Å². The van der Waals surface area contributed by atoms with E-state index in [0.717, 1.165) is 50.7 Å². The molecule has 4 heterocycles. The summed E-state index contributed by atoms with van der Waals surface area (Å²) in [6, 6.07) is 0. The molecular weight excluding hydrogens is 316 g/mol. The molecule has 0 aromatic carbocycles. The Morgan fingerprint density at radius 1 is 1.30 bits per heavy atom. The molecule has 2 saturated heterocycles. The van der Waals surface area contributed by atoms with E-state index in [1.807, 2.05) is 4.40 Å². The molecule has 2 fully saturated rings. The quantitative estimate of drug-likeness (QED) is 0.873. The number of rotatable bonds is 2. The maximum absolute atomic E-state index is 12.4. The van der Waals surface area contributed by atoms with Crippen molar-refractivity contribution in [2.45, 2.75) is 31.6 Å². The summed E-state index contributed by atoms with van der Waals surface area (Å²) in [6.07, 6.45) is 5.73. The first-order chi connectivity index (χ1) is 10.7. The third-order valence-corrected chi connectivity index (χ3v) is 5.09. The van der Waals surface area contributed by atoms with Gasteiger partial charge in [-0.3, -0.25) is 9.20 Å². The normalized spacial score (nSPS) is 25.6. The van der Waals surface area contributed by atoms with Gasteiger partial charge in [-0.15, -0.1) is 12.4 Å². The predicted molar refractivity (Wildman–Crippen MR) is 90.6 cm³/mol. The Morgan fingerprint density at radius 3 is 2.78 bits per heavy atom. The smallest absolute Gasteiger partial charge is 0.274 e. The van der Waals surface area contributed by atoms with Gasteiger partial charge in [0, 0.05) is 43.5 Å². The van der Waals surface area contributed by atoms with Crippen molar-refractivity contribution in [3.63, 3.8) is 0 Å². The molecule has 23 heavy (non-hydrogen) atoms. The second-order valence-corrected chi connectivity index (χ2v) is 6.54. The molecule has 0 spiro atoms. The topological polar surface area (TPSA) is 71.4 Å². The molecule has 0 aliphatic carbocycles. The number of aromatic amines is 1. The molecule has 2 aliphatic rings. The highest BCUT2D eigenvalue weighted by atomic mass is 35.5. The maximum atomic E-state index is 12.4. The number of imidazole rings is 1.